The molecule has 3 aromatic carbocycles. The molecule has 2 heterocycles. The van der Waals surface area contributed by atoms with E-state index >= 15 is 0 Å². The minimum atomic E-state index is 0.735. The van der Waals surface area contributed by atoms with Crippen molar-refractivity contribution < 1.29 is 9.47 Å². The molecule has 6 nitrogen and oxygen atoms in total. The van der Waals surface area contributed by atoms with Crippen LogP contribution >= 0.6 is 43.6 Å². The smallest absolute Gasteiger partial charge is 0.122 e. The first kappa shape index (κ1) is 33.7. The van der Waals surface area contributed by atoms with Crippen molar-refractivity contribution >= 4 is 65.7 Å². The first-order chi connectivity index (χ1) is 22.1. The quantitative estimate of drug-likeness (QED) is 0.0830. The van der Waals surface area contributed by atoms with Gasteiger partial charge in [0, 0.05) is 11.1 Å². The van der Waals surface area contributed by atoms with Crippen LogP contribution in [0.1, 0.15) is 90.9 Å². The fourth-order valence-corrected chi connectivity index (χ4v) is 7.31. The third-order valence-corrected chi connectivity index (χ3v) is 10.0. The van der Waals surface area contributed by atoms with Gasteiger partial charge in [0.05, 0.1) is 45.3 Å². The van der Waals surface area contributed by atoms with E-state index in [0.29, 0.717) is 0 Å². The predicted molar refractivity (Wildman–Crippen MR) is 195 cm³/mol. The molecule has 0 amide bonds. The van der Waals surface area contributed by atoms with Gasteiger partial charge in [-0.1, -0.05) is 78.1 Å². The van der Waals surface area contributed by atoms with Crippen molar-refractivity contribution in [1.82, 2.24) is 18.7 Å². The average Bonchev–Trinajstić information content (AvgIpc) is 3.57. The van der Waals surface area contributed by atoms with Crippen LogP contribution in [-0.4, -0.2) is 31.9 Å². The SMILES string of the molecule is CCCCCCCCOc1ccc(-c2nc3c(Br)c4nsnc4c(Br)c3nc2-c2ccc(OCCCCCCCC)cc2)cc1. The molecule has 0 bridgehead atoms. The Labute approximate surface area is 288 Å². The number of hydrogen-bond donors (Lipinski definition) is 0. The van der Waals surface area contributed by atoms with E-state index in [4.69, 9.17) is 19.4 Å². The fraction of sp³-hybridized carbons (Fsp3) is 0.444. The highest BCUT2D eigenvalue weighted by Gasteiger charge is 2.21. The number of halogens is 2. The maximum Gasteiger partial charge on any atom is 0.122 e. The van der Waals surface area contributed by atoms with Gasteiger partial charge in [0.1, 0.15) is 33.6 Å². The first-order valence-electron chi connectivity index (χ1n) is 16.4. The summed E-state index contributed by atoms with van der Waals surface area (Å²) in [5.74, 6) is 1.74. The standard InChI is InChI=1S/C36H42Br2N4O2S/c1-3-5-7-9-11-13-23-43-27-19-15-25(16-20-27)31-32(26-17-21-28(22-18-26)44-24-14-12-10-8-6-4-2)40-34-30(38)36-35(41-45-42-36)29(37)33(34)39-31/h15-22H,3-14,23-24H2,1-2H3. The molecule has 2 aromatic heterocycles. The third kappa shape index (κ3) is 8.80. The summed E-state index contributed by atoms with van der Waals surface area (Å²) < 4.78 is 22.7. The molecule has 0 atom stereocenters. The Morgan fingerprint density at radius 2 is 0.889 bits per heavy atom. The normalized spacial score (nSPS) is 11.5. The number of nitrogens with zero attached hydrogens (tertiary/aromatic N) is 4. The van der Waals surface area contributed by atoms with Crippen LogP contribution in [0.25, 0.3) is 44.6 Å². The lowest BCUT2D eigenvalue weighted by Gasteiger charge is -2.14. The largest absolute Gasteiger partial charge is 0.494 e. The Morgan fingerprint density at radius 1 is 0.511 bits per heavy atom. The Hall–Kier alpha value is -2.62. The zero-order chi connectivity index (χ0) is 31.4. The zero-order valence-corrected chi connectivity index (χ0v) is 30.3. The average molecular weight is 755 g/mol. The van der Waals surface area contributed by atoms with Crippen LogP contribution in [0, 0.1) is 0 Å². The number of hydrogen-bond acceptors (Lipinski definition) is 7. The van der Waals surface area contributed by atoms with Gasteiger partial charge in [0.15, 0.2) is 0 Å². The third-order valence-electron chi connectivity index (χ3n) is 8.00. The zero-order valence-electron chi connectivity index (χ0n) is 26.3. The summed E-state index contributed by atoms with van der Waals surface area (Å²) in [6.07, 6.45) is 14.9. The Kier molecular flexibility index (Phi) is 13.0. The molecule has 9 heteroatoms. The molecule has 0 aliphatic rings. The minimum absolute atomic E-state index is 0.735. The molecule has 0 radical (unpaired) electrons. The summed E-state index contributed by atoms with van der Waals surface area (Å²) in [5, 5.41) is 0. The molecule has 0 spiro atoms. The Balaban J connectivity index is 1.38. The molecular formula is C36H42Br2N4O2S. The fourth-order valence-electron chi connectivity index (χ4n) is 5.41. The highest BCUT2D eigenvalue weighted by Crippen LogP contribution is 2.40. The summed E-state index contributed by atoms with van der Waals surface area (Å²) in [4.78, 5) is 10.4. The lowest BCUT2D eigenvalue weighted by molar-refractivity contribution is 0.304. The van der Waals surface area contributed by atoms with Gasteiger partial charge in [-0.25, -0.2) is 9.97 Å². The maximum atomic E-state index is 6.06. The number of unbranched alkanes of at least 4 members (excludes halogenated alkanes) is 10. The molecule has 0 saturated heterocycles. The van der Waals surface area contributed by atoms with Gasteiger partial charge in [0.25, 0.3) is 0 Å². The van der Waals surface area contributed by atoms with Crippen molar-refractivity contribution in [2.45, 2.75) is 90.9 Å². The number of benzene rings is 3. The summed E-state index contributed by atoms with van der Waals surface area (Å²) >= 11 is 8.68. The first-order valence-corrected chi connectivity index (χ1v) is 18.7. The lowest BCUT2D eigenvalue weighted by Crippen LogP contribution is -2.00. The minimum Gasteiger partial charge on any atom is -0.494 e. The molecule has 0 unspecified atom stereocenters. The monoisotopic (exact) mass is 752 g/mol. The van der Waals surface area contributed by atoms with Crippen LogP contribution in [-0.2, 0) is 0 Å². The number of ether oxygens (including phenoxy) is 2. The maximum absolute atomic E-state index is 6.06. The second kappa shape index (κ2) is 17.3. The summed E-state index contributed by atoms with van der Waals surface area (Å²) in [6, 6.07) is 16.4. The molecule has 0 fully saturated rings. The number of aromatic nitrogens is 4. The van der Waals surface area contributed by atoms with E-state index in [1.54, 1.807) is 0 Å². The van der Waals surface area contributed by atoms with E-state index in [9.17, 15) is 0 Å². The molecule has 238 valence electrons. The van der Waals surface area contributed by atoms with Gasteiger partial charge in [-0.15, -0.1) is 0 Å². The Morgan fingerprint density at radius 3 is 1.29 bits per heavy atom. The van der Waals surface area contributed by atoms with Crippen molar-refractivity contribution in [3.63, 3.8) is 0 Å². The van der Waals surface area contributed by atoms with Gasteiger partial charge in [-0.3, -0.25) is 0 Å². The second-order valence-corrected chi connectivity index (χ2v) is 13.6. The van der Waals surface area contributed by atoms with Gasteiger partial charge in [0.2, 0.25) is 0 Å². The molecule has 0 N–H and O–H groups in total. The van der Waals surface area contributed by atoms with E-state index in [1.807, 2.05) is 24.3 Å². The molecule has 5 rings (SSSR count). The van der Waals surface area contributed by atoms with Gasteiger partial charge in [-0.05, 0) is 93.2 Å². The van der Waals surface area contributed by atoms with E-state index in [2.05, 4.69) is 78.7 Å². The van der Waals surface area contributed by atoms with E-state index in [1.165, 1.54) is 75.9 Å². The molecular weight excluding hydrogens is 712 g/mol. The number of fused-ring (bicyclic) bond motifs is 2. The highest BCUT2D eigenvalue weighted by molar-refractivity contribution is 9.11. The van der Waals surface area contributed by atoms with E-state index in [-0.39, 0.29) is 0 Å². The van der Waals surface area contributed by atoms with Crippen LogP contribution in [0.3, 0.4) is 0 Å². The van der Waals surface area contributed by atoms with Gasteiger partial charge < -0.3 is 9.47 Å². The highest BCUT2D eigenvalue weighted by atomic mass is 79.9. The molecule has 45 heavy (non-hydrogen) atoms. The van der Waals surface area contributed by atoms with Crippen LogP contribution in [0.5, 0.6) is 11.5 Å². The Bertz CT molecular complexity index is 1540. The van der Waals surface area contributed by atoms with Gasteiger partial charge in [-0.2, -0.15) is 8.75 Å². The molecule has 0 aliphatic carbocycles. The molecule has 0 saturated carbocycles. The molecule has 0 aliphatic heterocycles. The summed E-state index contributed by atoms with van der Waals surface area (Å²) in [5.41, 5.74) is 6.55. The second-order valence-electron chi connectivity index (χ2n) is 11.5. The van der Waals surface area contributed by atoms with Crippen molar-refractivity contribution in [3.8, 4) is 34.0 Å². The van der Waals surface area contributed by atoms with Crippen molar-refractivity contribution in [3.05, 3.63) is 57.5 Å². The van der Waals surface area contributed by atoms with Crippen LogP contribution in [0.4, 0.5) is 0 Å². The summed E-state index contributed by atoms with van der Waals surface area (Å²) in [6.45, 7) is 5.96. The van der Waals surface area contributed by atoms with Crippen molar-refractivity contribution in [2.24, 2.45) is 0 Å². The number of rotatable bonds is 18. The van der Waals surface area contributed by atoms with Crippen LogP contribution in [0.2, 0.25) is 0 Å². The van der Waals surface area contributed by atoms with Crippen molar-refractivity contribution in [2.75, 3.05) is 13.2 Å². The van der Waals surface area contributed by atoms with Crippen LogP contribution < -0.4 is 9.47 Å². The van der Waals surface area contributed by atoms with Crippen LogP contribution in [0.15, 0.2) is 57.5 Å². The summed E-state index contributed by atoms with van der Waals surface area (Å²) in [7, 11) is 0. The van der Waals surface area contributed by atoms with E-state index < -0.39 is 0 Å². The topological polar surface area (TPSA) is 70.0 Å². The molecule has 5 aromatic rings. The lowest BCUT2D eigenvalue weighted by atomic mass is 10.0. The van der Waals surface area contributed by atoms with Crippen molar-refractivity contribution in [1.29, 1.82) is 0 Å². The van der Waals surface area contributed by atoms with E-state index in [0.717, 1.165) is 91.1 Å². The van der Waals surface area contributed by atoms with Gasteiger partial charge >= 0.3 is 0 Å². The predicted octanol–water partition coefficient (Wildman–Crippen LogP) is 12.0.